The second-order valence-electron chi connectivity index (χ2n) is 9.04. The summed E-state index contributed by atoms with van der Waals surface area (Å²) in [4.78, 5) is 21.9. The van der Waals surface area contributed by atoms with Crippen LogP contribution in [0.2, 0.25) is 0 Å². The van der Waals surface area contributed by atoms with E-state index in [-0.39, 0.29) is 17.6 Å². The van der Waals surface area contributed by atoms with E-state index in [1.807, 2.05) is 68.1 Å². The minimum absolute atomic E-state index is 0.0294. The van der Waals surface area contributed by atoms with Gasteiger partial charge in [-0.05, 0) is 58.0 Å². The van der Waals surface area contributed by atoms with Crippen LogP contribution in [-0.2, 0) is 0 Å². The molecule has 164 valence electrons. The third kappa shape index (κ3) is 4.45. The highest BCUT2D eigenvalue weighted by Crippen LogP contribution is 2.39. The number of carbonyl (C=O) groups is 1. The van der Waals surface area contributed by atoms with Gasteiger partial charge in [-0.15, -0.1) is 0 Å². The van der Waals surface area contributed by atoms with E-state index >= 15 is 0 Å². The zero-order chi connectivity index (χ0) is 22.2. The van der Waals surface area contributed by atoms with Crippen molar-refractivity contribution < 1.29 is 14.3 Å². The number of piperazine rings is 1. The van der Waals surface area contributed by atoms with Crippen molar-refractivity contribution in [2.75, 3.05) is 26.7 Å². The maximum Gasteiger partial charge on any atom is 0.318 e. The van der Waals surface area contributed by atoms with Crippen molar-refractivity contribution >= 4 is 17.6 Å². The molecule has 0 aliphatic carbocycles. The summed E-state index contributed by atoms with van der Waals surface area (Å²) < 4.78 is 11.7. The van der Waals surface area contributed by atoms with E-state index in [2.05, 4.69) is 17.1 Å². The number of aliphatic imine (C=N–C) groups is 1. The van der Waals surface area contributed by atoms with Gasteiger partial charge in [-0.1, -0.05) is 12.1 Å². The Hall–Kier alpha value is -3.22. The molecule has 1 unspecified atom stereocenters. The van der Waals surface area contributed by atoms with E-state index in [9.17, 15) is 4.79 Å². The molecular weight excluding hydrogens is 392 g/mol. The quantitative estimate of drug-likeness (QED) is 0.740. The molecule has 2 heterocycles. The zero-order valence-electron chi connectivity index (χ0n) is 18.8. The number of hydrogen-bond donors (Lipinski definition) is 1. The first kappa shape index (κ1) is 21.0. The fourth-order valence-corrected chi connectivity index (χ4v) is 3.91. The fraction of sp³-hybridized carbons (Fsp3) is 0.417. The average molecular weight is 423 g/mol. The Kier molecular flexibility index (Phi) is 5.52. The van der Waals surface area contributed by atoms with Crippen LogP contribution in [0.15, 0.2) is 47.5 Å². The Morgan fingerprint density at radius 2 is 1.94 bits per heavy atom. The molecule has 2 aromatic rings. The molecule has 0 radical (unpaired) electrons. The number of ether oxygens (including phenoxy) is 2. The van der Waals surface area contributed by atoms with Crippen molar-refractivity contribution in [3.63, 3.8) is 0 Å². The number of rotatable bonds is 1. The normalized spacial score (nSPS) is 18.2. The lowest BCUT2D eigenvalue weighted by Gasteiger charge is -2.42. The van der Waals surface area contributed by atoms with Crippen LogP contribution in [-0.4, -0.2) is 60.0 Å². The SMILES string of the molecule is COc1ccc2c(c1)C(N1CCN(C(=O)NC(C)(C)C)C(C)C1)=Nc1ccccc1O2. The number of para-hydroxylation sites is 2. The van der Waals surface area contributed by atoms with Gasteiger partial charge in [-0.2, -0.15) is 0 Å². The number of carbonyl (C=O) groups excluding carboxylic acids is 1. The van der Waals surface area contributed by atoms with E-state index in [1.165, 1.54) is 0 Å². The number of urea groups is 1. The van der Waals surface area contributed by atoms with Gasteiger partial charge in [0.25, 0.3) is 0 Å². The van der Waals surface area contributed by atoms with Gasteiger partial charge in [0.2, 0.25) is 0 Å². The molecule has 2 aliphatic rings. The van der Waals surface area contributed by atoms with Crippen molar-refractivity contribution in [1.82, 2.24) is 15.1 Å². The summed E-state index contributed by atoms with van der Waals surface area (Å²) in [6.07, 6.45) is 0. The largest absolute Gasteiger partial charge is 0.497 e. The Morgan fingerprint density at radius 1 is 1.16 bits per heavy atom. The number of benzene rings is 2. The lowest BCUT2D eigenvalue weighted by molar-refractivity contribution is 0.129. The maximum atomic E-state index is 12.7. The molecule has 1 fully saturated rings. The molecule has 7 nitrogen and oxygen atoms in total. The minimum Gasteiger partial charge on any atom is -0.497 e. The Balaban J connectivity index is 1.66. The van der Waals surface area contributed by atoms with Crippen LogP contribution >= 0.6 is 0 Å². The number of methoxy groups -OCH3 is 1. The Bertz CT molecular complexity index is 1010. The van der Waals surface area contributed by atoms with Gasteiger partial charge in [-0.25, -0.2) is 9.79 Å². The molecule has 1 saturated heterocycles. The molecule has 31 heavy (non-hydrogen) atoms. The molecule has 1 N–H and O–H groups in total. The number of amidine groups is 1. The topological polar surface area (TPSA) is 66.4 Å². The summed E-state index contributed by atoms with van der Waals surface area (Å²) in [5, 5.41) is 3.07. The highest BCUT2D eigenvalue weighted by Gasteiger charge is 2.32. The molecule has 2 aromatic carbocycles. The van der Waals surface area contributed by atoms with Crippen molar-refractivity contribution in [3.8, 4) is 17.2 Å². The van der Waals surface area contributed by atoms with Crippen LogP contribution in [0.5, 0.6) is 17.2 Å². The fourth-order valence-electron chi connectivity index (χ4n) is 3.91. The van der Waals surface area contributed by atoms with Crippen LogP contribution in [0.25, 0.3) is 0 Å². The van der Waals surface area contributed by atoms with Crippen LogP contribution < -0.4 is 14.8 Å². The van der Waals surface area contributed by atoms with Gasteiger partial charge >= 0.3 is 6.03 Å². The second kappa shape index (κ2) is 8.13. The van der Waals surface area contributed by atoms with Gasteiger partial charge in [0, 0.05) is 31.2 Å². The third-order valence-corrected chi connectivity index (χ3v) is 5.41. The van der Waals surface area contributed by atoms with Crippen LogP contribution in [0, 0.1) is 0 Å². The molecule has 7 heteroatoms. The van der Waals surface area contributed by atoms with E-state index in [1.54, 1.807) is 7.11 Å². The maximum absolute atomic E-state index is 12.7. The first-order valence-electron chi connectivity index (χ1n) is 10.6. The standard InChI is InChI=1S/C24H30N4O3/c1-16-15-27(12-13-28(16)23(29)26-24(2,3)4)22-18-14-17(30-5)10-11-20(18)31-21-9-7-6-8-19(21)25-22/h6-11,14,16H,12-13,15H2,1-5H3,(H,26,29). The molecule has 1 atom stereocenters. The van der Waals surface area contributed by atoms with Crippen molar-refractivity contribution in [3.05, 3.63) is 48.0 Å². The summed E-state index contributed by atoms with van der Waals surface area (Å²) in [5.74, 6) is 3.05. The first-order valence-corrected chi connectivity index (χ1v) is 10.6. The number of fused-ring (bicyclic) bond motifs is 2. The summed E-state index contributed by atoms with van der Waals surface area (Å²) in [7, 11) is 1.65. The van der Waals surface area contributed by atoms with E-state index in [4.69, 9.17) is 14.5 Å². The molecule has 0 saturated carbocycles. The molecule has 0 spiro atoms. The lowest BCUT2D eigenvalue weighted by Crippen LogP contribution is -2.59. The van der Waals surface area contributed by atoms with Crippen LogP contribution in [0.1, 0.15) is 33.3 Å². The van der Waals surface area contributed by atoms with Gasteiger partial charge in [-0.3, -0.25) is 0 Å². The number of amides is 2. The van der Waals surface area contributed by atoms with E-state index in [0.29, 0.717) is 19.6 Å². The zero-order valence-corrected chi connectivity index (χ0v) is 18.8. The number of nitrogens with zero attached hydrogens (tertiary/aromatic N) is 3. The van der Waals surface area contributed by atoms with Crippen molar-refractivity contribution in [1.29, 1.82) is 0 Å². The molecule has 0 aromatic heterocycles. The van der Waals surface area contributed by atoms with Crippen LogP contribution in [0.3, 0.4) is 0 Å². The lowest BCUT2D eigenvalue weighted by atomic mass is 10.1. The molecule has 0 bridgehead atoms. The second-order valence-corrected chi connectivity index (χ2v) is 9.04. The molecule has 2 amide bonds. The Labute approximate surface area is 183 Å². The van der Waals surface area contributed by atoms with Gasteiger partial charge < -0.3 is 24.6 Å². The predicted molar refractivity (Wildman–Crippen MR) is 122 cm³/mol. The first-order chi connectivity index (χ1) is 14.7. The molecule has 4 rings (SSSR count). The highest BCUT2D eigenvalue weighted by atomic mass is 16.5. The van der Waals surface area contributed by atoms with Crippen LogP contribution in [0.4, 0.5) is 10.5 Å². The monoisotopic (exact) mass is 422 g/mol. The van der Waals surface area contributed by atoms with Crippen molar-refractivity contribution in [2.24, 2.45) is 4.99 Å². The summed E-state index contributed by atoms with van der Waals surface area (Å²) in [6, 6.07) is 13.6. The van der Waals surface area contributed by atoms with Gasteiger partial charge in [0.1, 0.15) is 23.0 Å². The van der Waals surface area contributed by atoms with E-state index < -0.39 is 0 Å². The number of nitrogens with one attached hydrogen (secondary N) is 1. The summed E-state index contributed by atoms with van der Waals surface area (Å²) >= 11 is 0. The Morgan fingerprint density at radius 3 is 2.65 bits per heavy atom. The highest BCUT2D eigenvalue weighted by molar-refractivity contribution is 6.04. The average Bonchev–Trinajstić information content (AvgIpc) is 2.88. The molecule has 2 aliphatic heterocycles. The summed E-state index contributed by atoms with van der Waals surface area (Å²) in [5.41, 5.74) is 1.40. The number of hydrogen-bond acceptors (Lipinski definition) is 5. The van der Waals surface area contributed by atoms with E-state index in [0.717, 1.165) is 34.3 Å². The minimum atomic E-state index is -0.268. The smallest absolute Gasteiger partial charge is 0.318 e. The molecular formula is C24H30N4O3. The summed E-state index contributed by atoms with van der Waals surface area (Å²) in [6.45, 7) is 10.0. The third-order valence-electron chi connectivity index (χ3n) is 5.41. The van der Waals surface area contributed by atoms with Crippen molar-refractivity contribution in [2.45, 2.75) is 39.3 Å². The van der Waals surface area contributed by atoms with Gasteiger partial charge in [0.15, 0.2) is 5.75 Å². The van der Waals surface area contributed by atoms with Gasteiger partial charge in [0.05, 0.1) is 12.7 Å². The predicted octanol–water partition coefficient (Wildman–Crippen LogP) is 4.39.